The van der Waals surface area contributed by atoms with Gasteiger partial charge in [0.1, 0.15) is 17.0 Å². The number of rotatable bonds is 3. The molecule has 0 unspecified atom stereocenters. The summed E-state index contributed by atoms with van der Waals surface area (Å²) in [6, 6.07) is 0. The molecule has 1 aliphatic heterocycles. The van der Waals surface area contributed by atoms with Crippen LogP contribution in [0.5, 0.6) is 0 Å². The summed E-state index contributed by atoms with van der Waals surface area (Å²) in [5.74, 6) is 0.167. The summed E-state index contributed by atoms with van der Waals surface area (Å²) in [7, 11) is 0. The predicted octanol–water partition coefficient (Wildman–Crippen LogP) is 2.84. The highest BCUT2D eigenvalue weighted by Crippen LogP contribution is 2.77. The second-order valence-corrected chi connectivity index (χ2v) is 11.3. The molecule has 0 amide bonds. The molecule has 0 aromatic rings. The van der Waals surface area contributed by atoms with Gasteiger partial charge in [0.2, 0.25) is 5.78 Å². The molecule has 0 aromatic carbocycles. The molecule has 1 N–H and O–H groups in total. The third-order valence-electron chi connectivity index (χ3n) is 10.3. The Morgan fingerprint density at radius 1 is 1.20 bits per heavy atom. The lowest BCUT2D eigenvalue weighted by atomic mass is 9.44. The van der Waals surface area contributed by atoms with Gasteiger partial charge in [-0.2, -0.15) is 0 Å². The van der Waals surface area contributed by atoms with E-state index in [0.717, 1.165) is 25.7 Å². The Hall–Kier alpha value is -1.27. The van der Waals surface area contributed by atoms with Crippen molar-refractivity contribution in [3.05, 3.63) is 0 Å². The molecule has 4 saturated carbocycles. The number of hydrogen-bond acceptors (Lipinski definition) is 6. The van der Waals surface area contributed by atoms with Gasteiger partial charge in [0.25, 0.3) is 0 Å². The van der Waals surface area contributed by atoms with E-state index in [-0.39, 0.29) is 41.3 Å². The van der Waals surface area contributed by atoms with E-state index in [4.69, 9.17) is 9.47 Å². The van der Waals surface area contributed by atoms with Gasteiger partial charge in [-0.05, 0) is 55.8 Å². The fourth-order valence-corrected chi connectivity index (χ4v) is 8.71. The standard InChI is InChI=1S/C24H34O6/c1-13-9-18-17-6-5-15-10-16(26)7-8-21(15,3)24(17)20(30-24)11-22(18,4)23(13,28)19(27)12-29-14(2)25/h13,15,17-18,20,28H,5-12H2,1-4H3/t13-,15+,17+,18+,20+,21+,22+,23+,24-/m1/s1. The Labute approximate surface area is 178 Å². The van der Waals surface area contributed by atoms with Crippen LogP contribution in [0.25, 0.3) is 0 Å². The van der Waals surface area contributed by atoms with Crippen molar-refractivity contribution in [2.45, 2.75) is 89.9 Å². The molecule has 0 bridgehead atoms. The summed E-state index contributed by atoms with van der Waals surface area (Å²) in [4.78, 5) is 36.5. The van der Waals surface area contributed by atoms with Gasteiger partial charge in [0.15, 0.2) is 6.61 Å². The van der Waals surface area contributed by atoms with Crippen LogP contribution in [0.2, 0.25) is 0 Å². The molecule has 4 aliphatic carbocycles. The summed E-state index contributed by atoms with van der Waals surface area (Å²) in [5, 5.41) is 11.8. The highest BCUT2D eigenvalue weighted by molar-refractivity contribution is 5.91. The largest absolute Gasteiger partial charge is 0.458 e. The minimum atomic E-state index is -1.51. The normalized spacial score (nSPS) is 53.8. The molecule has 5 aliphatic rings. The maximum absolute atomic E-state index is 13.1. The minimum Gasteiger partial charge on any atom is -0.458 e. The van der Waals surface area contributed by atoms with Gasteiger partial charge in [0, 0.05) is 30.6 Å². The van der Waals surface area contributed by atoms with Crippen molar-refractivity contribution in [3.8, 4) is 0 Å². The molecular formula is C24H34O6. The highest BCUT2D eigenvalue weighted by Gasteiger charge is 2.82. The van der Waals surface area contributed by atoms with Crippen molar-refractivity contribution < 1.29 is 29.0 Å². The quantitative estimate of drug-likeness (QED) is 0.560. The molecule has 1 heterocycles. The lowest BCUT2D eigenvalue weighted by Crippen LogP contribution is -2.64. The van der Waals surface area contributed by atoms with Crippen LogP contribution in [0.4, 0.5) is 0 Å². The summed E-state index contributed by atoms with van der Waals surface area (Å²) in [6.45, 7) is 7.25. The van der Waals surface area contributed by atoms with Crippen LogP contribution in [0.1, 0.15) is 72.6 Å². The summed E-state index contributed by atoms with van der Waals surface area (Å²) in [6.07, 6.45) is 5.67. The van der Waals surface area contributed by atoms with Crippen LogP contribution in [0.15, 0.2) is 0 Å². The number of Topliss-reactive ketones (excluding diaryl/α,β-unsaturated/α-hetero) is 2. The zero-order valence-corrected chi connectivity index (χ0v) is 18.5. The van der Waals surface area contributed by atoms with E-state index in [2.05, 4.69) is 13.8 Å². The molecule has 6 heteroatoms. The lowest BCUT2D eigenvalue weighted by molar-refractivity contribution is -0.174. The summed E-state index contributed by atoms with van der Waals surface area (Å²) < 4.78 is 11.5. The number of epoxide rings is 1. The van der Waals surface area contributed by atoms with Crippen molar-refractivity contribution in [1.29, 1.82) is 0 Å². The summed E-state index contributed by atoms with van der Waals surface area (Å²) in [5.41, 5.74) is -2.30. The monoisotopic (exact) mass is 418 g/mol. The number of esters is 1. The first-order chi connectivity index (χ1) is 14.0. The van der Waals surface area contributed by atoms with Gasteiger partial charge < -0.3 is 14.6 Å². The minimum absolute atomic E-state index is 0.00150. The van der Waals surface area contributed by atoms with Crippen molar-refractivity contribution in [3.63, 3.8) is 0 Å². The molecule has 9 atom stereocenters. The van der Waals surface area contributed by atoms with Gasteiger partial charge in [-0.3, -0.25) is 14.4 Å². The van der Waals surface area contributed by atoms with E-state index in [1.807, 2.05) is 6.92 Å². The van der Waals surface area contributed by atoms with E-state index in [1.54, 1.807) is 0 Å². The van der Waals surface area contributed by atoms with Crippen LogP contribution in [-0.4, -0.2) is 46.6 Å². The van der Waals surface area contributed by atoms with Gasteiger partial charge in [-0.25, -0.2) is 0 Å². The Morgan fingerprint density at radius 2 is 1.93 bits per heavy atom. The molecule has 166 valence electrons. The van der Waals surface area contributed by atoms with Gasteiger partial charge >= 0.3 is 5.97 Å². The predicted molar refractivity (Wildman–Crippen MR) is 107 cm³/mol. The second kappa shape index (κ2) is 6.16. The first kappa shape index (κ1) is 20.6. The lowest BCUT2D eigenvalue weighted by Gasteiger charge is -2.58. The topological polar surface area (TPSA) is 93.2 Å². The number of ketones is 2. The van der Waals surface area contributed by atoms with Crippen molar-refractivity contribution in [1.82, 2.24) is 0 Å². The summed E-state index contributed by atoms with van der Waals surface area (Å²) >= 11 is 0. The maximum atomic E-state index is 13.1. The molecule has 5 rings (SSSR count). The first-order valence-electron chi connectivity index (χ1n) is 11.6. The smallest absolute Gasteiger partial charge is 0.303 e. The number of carbonyl (C=O) groups excluding carboxylic acids is 3. The third-order valence-corrected chi connectivity index (χ3v) is 10.3. The van der Waals surface area contributed by atoms with Gasteiger partial charge in [0.05, 0.1) is 6.10 Å². The van der Waals surface area contributed by atoms with Crippen molar-refractivity contribution >= 4 is 17.5 Å². The average Bonchev–Trinajstić information content (AvgIpc) is 3.36. The van der Waals surface area contributed by atoms with Gasteiger partial charge in [-0.15, -0.1) is 0 Å². The SMILES string of the molecule is CC(=O)OCC(=O)[C@@]1(O)[C@H](C)C[C@H]2[C@@H]3CC[C@H]4CC(=O)CC[C@]4(C)[C@@]34O[C@H]4C[C@@]21C. The molecule has 5 fully saturated rings. The highest BCUT2D eigenvalue weighted by atomic mass is 16.6. The van der Waals surface area contributed by atoms with E-state index in [1.165, 1.54) is 6.92 Å². The molecule has 1 spiro atoms. The Kier molecular flexibility index (Phi) is 4.23. The van der Waals surface area contributed by atoms with E-state index in [0.29, 0.717) is 36.9 Å². The first-order valence-corrected chi connectivity index (χ1v) is 11.6. The second-order valence-electron chi connectivity index (χ2n) is 11.3. The van der Waals surface area contributed by atoms with Crippen LogP contribution in [0, 0.1) is 34.5 Å². The van der Waals surface area contributed by atoms with Crippen LogP contribution < -0.4 is 0 Å². The maximum Gasteiger partial charge on any atom is 0.303 e. The van der Waals surface area contributed by atoms with Crippen molar-refractivity contribution in [2.75, 3.05) is 6.61 Å². The third kappa shape index (κ3) is 2.25. The fourth-order valence-electron chi connectivity index (χ4n) is 8.71. The molecule has 6 nitrogen and oxygen atoms in total. The zero-order valence-electron chi connectivity index (χ0n) is 18.5. The molecule has 30 heavy (non-hydrogen) atoms. The fraction of sp³-hybridized carbons (Fsp3) is 0.875. The molecular weight excluding hydrogens is 384 g/mol. The van der Waals surface area contributed by atoms with Crippen LogP contribution in [0.3, 0.4) is 0 Å². The molecule has 1 saturated heterocycles. The number of ether oxygens (including phenoxy) is 2. The number of carbonyl (C=O) groups is 3. The van der Waals surface area contributed by atoms with Crippen molar-refractivity contribution in [2.24, 2.45) is 34.5 Å². The Morgan fingerprint density at radius 3 is 2.63 bits per heavy atom. The number of fused-ring (bicyclic) bond motifs is 3. The number of hydrogen-bond donors (Lipinski definition) is 1. The van der Waals surface area contributed by atoms with Crippen LogP contribution in [-0.2, 0) is 23.9 Å². The van der Waals surface area contributed by atoms with Crippen LogP contribution >= 0.6 is 0 Å². The molecule has 0 radical (unpaired) electrons. The Balaban J connectivity index is 1.49. The van der Waals surface area contributed by atoms with E-state index in [9.17, 15) is 19.5 Å². The molecule has 0 aromatic heterocycles. The zero-order chi connectivity index (χ0) is 21.7. The van der Waals surface area contributed by atoms with E-state index >= 15 is 0 Å². The number of aliphatic hydroxyl groups is 1. The van der Waals surface area contributed by atoms with Gasteiger partial charge in [-0.1, -0.05) is 20.8 Å². The Bertz CT molecular complexity index is 823. The van der Waals surface area contributed by atoms with E-state index < -0.39 is 17.0 Å². The average molecular weight is 419 g/mol.